The Labute approximate surface area is 209 Å². The number of carbonyl (C=O) groups is 3. The van der Waals surface area contributed by atoms with Crippen molar-refractivity contribution in [1.29, 1.82) is 0 Å². The lowest BCUT2D eigenvalue weighted by Crippen LogP contribution is -2.54. The van der Waals surface area contributed by atoms with E-state index in [-0.39, 0.29) is 28.3 Å². The lowest BCUT2D eigenvalue weighted by molar-refractivity contribution is -0.394. The Bertz CT molecular complexity index is 1530. The highest BCUT2D eigenvalue weighted by molar-refractivity contribution is 6.39. The molecule has 1 fully saturated rings. The maximum atomic E-state index is 13.2. The minimum atomic E-state index is -0.925. The molecule has 0 radical (unpaired) electrons. The molecule has 0 aromatic heterocycles. The Kier molecular flexibility index (Phi) is 6.48. The van der Waals surface area contributed by atoms with Gasteiger partial charge in [-0.05, 0) is 55.3 Å². The van der Waals surface area contributed by atoms with E-state index in [2.05, 4.69) is 5.32 Å². The van der Waals surface area contributed by atoms with Crippen molar-refractivity contribution in [2.75, 3.05) is 4.90 Å². The molecule has 4 amide bonds. The van der Waals surface area contributed by atoms with Gasteiger partial charge in [0.05, 0.1) is 21.6 Å². The molecular formula is C25H18N4O8. The quantitative estimate of drug-likeness (QED) is 0.222. The molecular weight excluding hydrogens is 484 g/mol. The highest BCUT2D eigenvalue weighted by Gasteiger charge is 2.37. The molecule has 0 atom stereocenters. The fourth-order valence-corrected chi connectivity index (χ4v) is 3.57. The average molecular weight is 502 g/mol. The Balaban J connectivity index is 1.73. The first-order chi connectivity index (χ1) is 17.6. The van der Waals surface area contributed by atoms with Gasteiger partial charge < -0.3 is 4.74 Å². The molecule has 37 heavy (non-hydrogen) atoms. The van der Waals surface area contributed by atoms with E-state index in [1.165, 1.54) is 18.2 Å². The zero-order chi connectivity index (χ0) is 26.9. The number of aryl methyl sites for hydroxylation is 2. The number of hydrogen-bond acceptors (Lipinski definition) is 8. The van der Waals surface area contributed by atoms with Crippen LogP contribution in [0.15, 0.2) is 66.2 Å². The third kappa shape index (κ3) is 4.89. The Morgan fingerprint density at radius 1 is 0.865 bits per heavy atom. The van der Waals surface area contributed by atoms with Crippen molar-refractivity contribution in [3.8, 4) is 11.5 Å². The number of benzene rings is 3. The maximum absolute atomic E-state index is 13.2. The van der Waals surface area contributed by atoms with Crippen LogP contribution >= 0.6 is 0 Å². The second kappa shape index (κ2) is 9.70. The number of non-ortho nitro benzene ring substituents is 1. The second-order valence-electron chi connectivity index (χ2n) is 8.03. The van der Waals surface area contributed by atoms with E-state index in [0.717, 1.165) is 34.2 Å². The summed E-state index contributed by atoms with van der Waals surface area (Å²) in [5.74, 6) is -2.05. The van der Waals surface area contributed by atoms with Gasteiger partial charge in [-0.2, -0.15) is 0 Å². The first-order valence-electron chi connectivity index (χ1n) is 10.7. The van der Waals surface area contributed by atoms with Gasteiger partial charge in [-0.25, -0.2) is 9.69 Å². The largest absolute Gasteiger partial charge is 0.449 e. The number of nitro groups is 2. The van der Waals surface area contributed by atoms with Crippen LogP contribution in [0.25, 0.3) is 6.08 Å². The lowest BCUT2D eigenvalue weighted by atomic mass is 10.0. The molecule has 1 heterocycles. The Morgan fingerprint density at radius 2 is 1.59 bits per heavy atom. The summed E-state index contributed by atoms with van der Waals surface area (Å²) < 4.78 is 5.68. The molecule has 4 rings (SSSR count). The van der Waals surface area contributed by atoms with Crippen LogP contribution in [0.5, 0.6) is 11.5 Å². The summed E-state index contributed by atoms with van der Waals surface area (Å²) >= 11 is 0. The molecule has 3 aromatic carbocycles. The van der Waals surface area contributed by atoms with E-state index in [0.29, 0.717) is 0 Å². The van der Waals surface area contributed by atoms with Gasteiger partial charge >= 0.3 is 11.7 Å². The number of nitrogens with zero attached hydrogens (tertiary/aromatic N) is 3. The number of amides is 4. The van der Waals surface area contributed by atoms with Gasteiger partial charge in [0.15, 0.2) is 0 Å². The van der Waals surface area contributed by atoms with Crippen LogP contribution in [0.4, 0.5) is 21.9 Å². The van der Waals surface area contributed by atoms with Crippen LogP contribution in [0.2, 0.25) is 0 Å². The van der Waals surface area contributed by atoms with E-state index >= 15 is 0 Å². The molecule has 1 aliphatic heterocycles. The fraction of sp³-hybridized carbons (Fsp3) is 0.0800. The highest BCUT2D eigenvalue weighted by Crippen LogP contribution is 2.36. The van der Waals surface area contributed by atoms with Crippen molar-refractivity contribution in [2.24, 2.45) is 0 Å². The van der Waals surface area contributed by atoms with Crippen LogP contribution in [-0.4, -0.2) is 27.7 Å². The predicted octanol–water partition coefficient (Wildman–Crippen LogP) is 4.58. The maximum Gasteiger partial charge on any atom is 0.335 e. The van der Waals surface area contributed by atoms with Crippen LogP contribution in [-0.2, 0) is 9.59 Å². The van der Waals surface area contributed by atoms with Gasteiger partial charge in [0, 0.05) is 11.6 Å². The number of nitrogens with one attached hydrogen (secondary N) is 1. The predicted molar refractivity (Wildman–Crippen MR) is 131 cm³/mol. The normalized spacial score (nSPS) is 14.5. The van der Waals surface area contributed by atoms with Crippen molar-refractivity contribution in [3.63, 3.8) is 0 Å². The summed E-state index contributed by atoms with van der Waals surface area (Å²) in [7, 11) is 0. The third-order valence-corrected chi connectivity index (χ3v) is 5.64. The standard InChI is InChI=1S/C25H18N4O8/c1-14-7-8-17(11-15(14)2)27-24(31)19(23(30)26-25(27)32)12-16-5-3-4-6-21(16)37-22-10-9-18(28(33)34)13-20(22)29(35)36/h3-13H,1-2H3,(H,26,30,32)/b19-12+. The number of rotatable bonds is 6. The van der Waals surface area contributed by atoms with Crippen LogP contribution in [0, 0.1) is 34.1 Å². The summed E-state index contributed by atoms with van der Waals surface area (Å²) in [5, 5.41) is 24.6. The van der Waals surface area contributed by atoms with Crippen LogP contribution in [0.3, 0.4) is 0 Å². The molecule has 0 bridgehead atoms. The number of nitro benzene ring substituents is 2. The molecule has 1 aliphatic rings. The number of ether oxygens (including phenoxy) is 1. The zero-order valence-electron chi connectivity index (χ0n) is 19.5. The average Bonchev–Trinajstić information content (AvgIpc) is 2.84. The van der Waals surface area contributed by atoms with Crippen molar-refractivity contribution in [1.82, 2.24) is 5.32 Å². The molecule has 0 aliphatic carbocycles. The molecule has 1 N–H and O–H groups in total. The summed E-state index contributed by atoms with van der Waals surface area (Å²) in [6.45, 7) is 3.69. The minimum absolute atomic E-state index is 0.0298. The van der Waals surface area contributed by atoms with Crippen LogP contribution in [0.1, 0.15) is 16.7 Å². The first kappa shape index (κ1) is 24.7. The van der Waals surface area contributed by atoms with Gasteiger partial charge in [-0.1, -0.05) is 24.3 Å². The SMILES string of the molecule is Cc1ccc(N2C(=O)NC(=O)/C(=C\c3ccccc3Oc3ccc([N+](=O)[O-])cc3[N+](=O)[O-])C2=O)cc1C. The van der Waals surface area contributed by atoms with Crippen molar-refractivity contribution >= 4 is 41.0 Å². The van der Waals surface area contributed by atoms with E-state index in [1.807, 2.05) is 13.8 Å². The first-order valence-corrected chi connectivity index (χ1v) is 10.7. The van der Waals surface area contributed by atoms with Gasteiger partial charge in [-0.15, -0.1) is 0 Å². The van der Waals surface area contributed by atoms with Gasteiger partial charge in [-0.3, -0.25) is 35.1 Å². The zero-order valence-corrected chi connectivity index (χ0v) is 19.5. The lowest BCUT2D eigenvalue weighted by Gasteiger charge is -2.27. The number of barbiturate groups is 1. The topological polar surface area (TPSA) is 162 Å². The summed E-state index contributed by atoms with van der Waals surface area (Å²) in [4.78, 5) is 60.1. The second-order valence-corrected chi connectivity index (χ2v) is 8.03. The number of hydrogen-bond donors (Lipinski definition) is 1. The number of imide groups is 2. The molecule has 0 unspecified atom stereocenters. The fourth-order valence-electron chi connectivity index (χ4n) is 3.57. The van der Waals surface area contributed by atoms with Gasteiger partial charge in [0.1, 0.15) is 11.3 Å². The number of urea groups is 1. The number of anilines is 1. The van der Waals surface area contributed by atoms with Gasteiger partial charge in [0.2, 0.25) is 5.75 Å². The van der Waals surface area contributed by atoms with Crippen molar-refractivity contribution < 1.29 is 29.0 Å². The monoisotopic (exact) mass is 502 g/mol. The van der Waals surface area contributed by atoms with E-state index in [9.17, 15) is 34.6 Å². The van der Waals surface area contributed by atoms with Crippen molar-refractivity contribution in [3.05, 3.63) is 103 Å². The third-order valence-electron chi connectivity index (χ3n) is 5.64. The van der Waals surface area contributed by atoms with Crippen molar-refractivity contribution in [2.45, 2.75) is 13.8 Å². The summed E-state index contributed by atoms with van der Waals surface area (Å²) in [5.41, 5.74) is 0.755. The van der Waals surface area contributed by atoms with Gasteiger partial charge in [0.25, 0.3) is 17.5 Å². The summed E-state index contributed by atoms with van der Waals surface area (Å²) in [6, 6.07) is 13.0. The van der Waals surface area contributed by atoms with E-state index in [4.69, 9.17) is 4.74 Å². The number of carbonyl (C=O) groups excluding carboxylic acids is 3. The molecule has 12 nitrogen and oxygen atoms in total. The Hall–Kier alpha value is -5.39. The molecule has 0 spiro atoms. The molecule has 12 heteroatoms. The van der Waals surface area contributed by atoms with Crippen LogP contribution < -0.4 is 15.0 Å². The molecule has 3 aromatic rings. The summed E-state index contributed by atoms with van der Waals surface area (Å²) in [6.07, 6.45) is 1.20. The van der Waals surface area contributed by atoms with E-state index in [1.54, 1.807) is 30.3 Å². The molecule has 1 saturated heterocycles. The highest BCUT2D eigenvalue weighted by atomic mass is 16.6. The minimum Gasteiger partial charge on any atom is -0.449 e. The number of para-hydroxylation sites is 1. The molecule has 0 saturated carbocycles. The molecule has 186 valence electrons. The van der Waals surface area contributed by atoms with E-state index < -0.39 is 39.1 Å². The smallest absolute Gasteiger partial charge is 0.335 e. The Morgan fingerprint density at radius 3 is 2.27 bits per heavy atom.